The van der Waals surface area contributed by atoms with Crippen LogP contribution in [-0.2, 0) is 0 Å². The van der Waals surface area contributed by atoms with Gasteiger partial charge >= 0.3 is 0 Å². The van der Waals surface area contributed by atoms with Crippen LogP contribution in [0.5, 0.6) is 5.75 Å². The van der Waals surface area contributed by atoms with Gasteiger partial charge in [-0.05, 0) is 75.0 Å². The maximum Gasteiger partial charge on any atom is 0.257 e. The topological polar surface area (TPSA) is 53.6 Å². The van der Waals surface area contributed by atoms with Gasteiger partial charge in [0.2, 0.25) is 0 Å². The van der Waals surface area contributed by atoms with E-state index in [-0.39, 0.29) is 11.0 Å². The number of anilines is 2. The lowest BCUT2D eigenvalue weighted by molar-refractivity contribution is 0.0977. The third-order valence-electron chi connectivity index (χ3n) is 4.15. The lowest BCUT2D eigenvalue weighted by Crippen LogP contribution is -2.34. The standard InChI is InChI=1S/C20H25N3O2S/c1-5-23(6-2)16-10-11-18(14(3)12-16)21-20(26)22-19(24)15-8-7-9-17(13-15)25-4/h7-13H,5-6H2,1-4H3,(H2,21,22,24,26). The lowest BCUT2D eigenvalue weighted by Gasteiger charge is -2.22. The number of amides is 1. The van der Waals surface area contributed by atoms with Gasteiger partial charge in [-0.3, -0.25) is 10.1 Å². The normalized spacial score (nSPS) is 10.2. The van der Waals surface area contributed by atoms with E-state index in [1.807, 2.05) is 13.0 Å². The highest BCUT2D eigenvalue weighted by molar-refractivity contribution is 7.80. The van der Waals surface area contributed by atoms with Crippen molar-refractivity contribution >= 4 is 34.6 Å². The third-order valence-corrected chi connectivity index (χ3v) is 4.35. The molecule has 0 saturated carbocycles. The van der Waals surface area contributed by atoms with Crippen molar-refractivity contribution in [3.63, 3.8) is 0 Å². The van der Waals surface area contributed by atoms with E-state index in [1.165, 1.54) is 5.69 Å². The minimum Gasteiger partial charge on any atom is -0.497 e. The molecule has 1 amide bonds. The molecule has 0 aliphatic carbocycles. The van der Waals surface area contributed by atoms with Crippen LogP contribution in [-0.4, -0.2) is 31.2 Å². The fraction of sp³-hybridized carbons (Fsp3) is 0.300. The van der Waals surface area contributed by atoms with E-state index in [0.29, 0.717) is 11.3 Å². The number of rotatable bonds is 6. The van der Waals surface area contributed by atoms with Crippen molar-refractivity contribution in [2.24, 2.45) is 0 Å². The number of ether oxygens (including phenoxy) is 1. The van der Waals surface area contributed by atoms with Crippen LogP contribution in [0.2, 0.25) is 0 Å². The zero-order chi connectivity index (χ0) is 19.1. The summed E-state index contributed by atoms with van der Waals surface area (Å²) < 4.78 is 5.14. The Morgan fingerprint density at radius 3 is 2.50 bits per heavy atom. The lowest BCUT2D eigenvalue weighted by atomic mass is 10.1. The van der Waals surface area contributed by atoms with E-state index in [0.717, 1.165) is 24.3 Å². The Kier molecular flexibility index (Phi) is 6.97. The van der Waals surface area contributed by atoms with Crippen LogP contribution in [0.3, 0.4) is 0 Å². The average Bonchev–Trinajstić information content (AvgIpc) is 2.64. The summed E-state index contributed by atoms with van der Waals surface area (Å²) >= 11 is 5.28. The Hall–Kier alpha value is -2.60. The summed E-state index contributed by atoms with van der Waals surface area (Å²) in [7, 11) is 1.56. The van der Waals surface area contributed by atoms with E-state index >= 15 is 0 Å². The first-order chi connectivity index (χ1) is 12.5. The summed E-state index contributed by atoms with van der Waals surface area (Å²) in [4.78, 5) is 14.6. The Bertz CT molecular complexity index is 788. The Morgan fingerprint density at radius 1 is 1.15 bits per heavy atom. The molecule has 0 atom stereocenters. The van der Waals surface area contributed by atoms with Crippen LogP contribution < -0.4 is 20.3 Å². The molecule has 0 aliphatic rings. The number of carbonyl (C=O) groups is 1. The minimum atomic E-state index is -0.279. The fourth-order valence-corrected chi connectivity index (χ4v) is 2.87. The molecule has 0 radical (unpaired) electrons. The highest BCUT2D eigenvalue weighted by atomic mass is 32.1. The summed E-state index contributed by atoms with van der Waals surface area (Å²) in [5, 5.41) is 6.05. The van der Waals surface area contributed by atoms with Crippen LogP contribution in [0.4, 0.5) is 11.4 Å². The van der Waals surface area contributed by atoms with E-state index < -0.39 is 0 Å². The van der Waals surface area contributed by atoms with Gasteiger partial charge in [0.15, 0.2) is 5.11 Å². The van der Waals surface area contributed by atoms with Crippen molar-refractivity contribution in [3.8, 4) is 5.75 Å². The Balaban J connectivity index is 2.04. The second-order valence-corrected chi connectivity index (χ2v) is 6.22. The molecule has 0 saturated heterocycles. The molecule has 0 aromatic heterocycles. The summed E-state index contributed by atoms with van der Waals surface area (Å²) in [6.07, 6.45) is 0. The predicted octanol–water partition coefficient (Wildman–Crippen LogP) is 3.98. The molecule has 6 heteroatoms. The van der Waals surface area contributed by atoms with Gasteiger partial charge < -0.3 is 15.0 Å². The van der Waals surface area contributed by atoms with Crippen molar-refractivity contribution in [2.45, 2.75) is 20.8 Å². The number of nitrogens with zero attached hydrogens (tertiary/aromatic N) is 1. The number of hydrogen-bond donors (Lipinski definition) is 2. The number of methoxy groups -OCH3 is 1. The van der Waals surface area contributed by atoms with Gasteiger partial charge in [0.1, 0.15) is 5.75 Å². The van der Waals surface area contributed by atoms with Crippen molar-refractivity contribution in [1.82, 2.24) is 5.32 Å². The summed E-state index contributed by atoms with van der Waals surface area (Å²) in [5.74, 6) is 0.346. The van der Waals surface area contributed by atoms with Crippen molar-refractivity contribution in [2.75, 3.05) is 30.4 Å². The van der Waals surface area contributed by atoms with Crippen molar-refractivity contribution < 1.29 is 9.53 Å². The van der Waals surface area contributed by atoms with Crippen LogP contribution in [0.15, 0.2) is 42.5 Å². The largest absolute Gasteiger partial charge is 0.497 e. The molecule has 0 fully saturated rings. The Morgan fingerprint density at radius 2 is 1.88 bits per heavy atom. The molecule has 26 heavy (non-hydrogen) atoms. The first-order valence-corrected chi connectivity index (χ1v) is 9.01. The molecule has 2 rings (SSSR count). The van der Waals surface area contributed by atoms with Gasteiger partial charge in [0.25, 0.3) is 5.91 Å². The average molecular weight is 372 g/mol. The molecular weight excluding hydrogens is 346 g/mol. The van der Waals surface area contributed by atoms with E-state index in [9.17, 15) is 4.79 Å². The van der Waals surface area contributed by atoms with Gasteiger partial charge in [0, 0.05) is 30.0 Å². The number of benzene rings is 2. The van der Waals surface area contributed by atoms with Crippen LogP contribution >= 0.6 is 12.2 Å². The molecule has 2 N–H and O–H groups in total. The molecule has 0 unspecified atom stereocenters. The van der Waals surface area contributed by atoms with Gasteiger partial charge in [-0.1, -0.05) is 6.07 Å². The zero-order valence-electron chi connectivity index (χ0n) is 15.6. The second kappa shape index (κ2) is 9.20. The smallest absolute Gasteiger partial charge is 0.257 e. The molecule has 2 aromatic carbocycles. The number of nitrogens with one attached hydrogen (secondary N) is 2. The summed E-state index contributed by atoms with van der Waals surface area (Å²) in [6.45, 7) is 8.19. The predicted molar refractivity (Wildman–Crippen MR) is 111 cm³/mol. The molecule has 0 heterocycles. The number of thiocarbonyl (C=S) groups is 1. The summed E-state index contributed by atoms with van der Waals surface area (Å²) in [5.41, 5.74) is 3.59. The fourth-order valence-electron chi connectivity index (χ4n) is 2.67. The quantitative estimate of drug-likeness (QED) is 0.753. The molecule has 5 nitrogen and oxygen atoms in total. The van der Waals surface area contributed by atoms with Crippen LogP contribution in [0, 0.1) is 6.92 Å². The maximum absolute atomic E-state index is 12.3. The molecule has 0 aliphatic heterocycles. The Labute approximate surface area is 160 Å². The van der Waals surface area contributed by atoms with Crippen molar-refractivity contribution in [3.05, 3.63) is 53.6 Å². The number of aryl methyl sites for hydroxylation is 1. The third kappa shape index (κ3) is 4.95. The van der Waals surface area contributed by atoms with Crippen LogP contribution in [0.1, 0.15) is 29.8 Å². The number of carbonyl (C=O) groups excluding carboxylic acids is 1. The SMILES string of the molecule is CCN(CC)c1ccc(NC(=S)NC(=O)c2cccc(OC)c2)c(C)c1. The van der Waals surface area contributed by atoms with Gasteiger partial charge in [-0.25, -0.2) is 0 Å². The van der Waals surface area contributed by atoms with Gasteiger partial charge in [0.05, 0.1) is 7.11 Å². The summed E-state index contributed by atoms with van der Waals surface area (Å²) in [6, 6.07) is 13.1. The minimum absolute atomic E-state index is 0.261. The van der Waals surface area contributed by atoms with Crippen molar-refractivity contribution in [1.29, 1.82) is 0 Å². The maximum atomic E-state index is 12.3. The highest BCUT2D eigenvalue weighted by Gasteiger charge is 2.10. The number of hydrogen-bond acceptors (Lipinski definition) is 4. The first-order valence-electron chi connectivity index (χ1n) is 8.60. The van der Waals surface area contributed by atoms with Gasteiger partial charge in [-0.2, -0.15) is 0 Å². The second-order valence-electron chi connectivity index (χ2n) is 5.81. The molecular formula is C20H25N3O2S. The molecule has 138 valence electrons. The molecule has 2 aromatic rings. The first kappa shape index (κ1) is 19.7. The van der Waals surface area contributed by atoms with Crippen LogP contribution in [0.25, 0.3) is 0 Å². The van der Waals surface area contributed by atoms with E-state index in [4.69, 9.17) is 17.0 Å². The highest BCUT2D eigenvalue weighted by Crippen LogP contribution is 2.22. The molecule has 0 bridgehead atoms. The van der Waals surface area contributed by atoms with E-state index in [1.54, 1.807) is 31.4 Å². The van der Waals surface area contributed by atoms with E-state index in [2.05, 4.69) is 41.5 Å². The monoisotopic (exact) mass is 371 g/mol. The molecule has 0 spiro atoms. The zero-order valence-corrected chi connectivity index (χ0v) is 16.4. The van der Waals surface area contributed by atoms with Gasteiger partial charge in [-0.15, -0.1) is 0 Å².